The number of carbonyl (C=O) groups excluding carboxylic acids is 2. The lowest BCUT2D eigenvalue weighted by molar-refractivity contribution is 0.0982. The molecular formula is C28H25ClFN3O3. The molecule has 1 aliphatic carbocycles. The Kier molecular flexibility index (Phi) is 6.58. The van der Waals surface area contributed by atoms with Gasteiger partial charge in [0.2, 0.25) is 0 Å². The van der Waals surface area contributed by atoms with E-state index in [0.29, 0.717) is 24.2 Å². The predicted octanol–water partition coefficient (Wildman–Crippen LogP) is 6.63. The second-order valence-corrected chi connectivity index (χ2v) is 9.95. The molecule has 2 atom stereocenters. The number of hydrogen-bond donors (Lipinski definition) is 1. The van der Waals surface area contributed by atoms with Gasteiger partial charge in [-0.2, -0.15) is 4.91 Å². The summed E-state index contributed by atoms with van der Waals surface area (Å²) in [6.45, 7) is 0.498. The highest BCUT2D eigenvalue weighted by molar-refractivity contribution is 6.34. The molecule has 1 heterocycles. The van der Waals surface area contributed by atoms with E-state index >= 15 is 0 Å². The molecule has 1 N–H and O–H groups in total. The third kappa shape index (κ3) is 4.51. The van der Waals surface area contributed by atoms with Crippen molar-refractivity contribution in [3.05, 3.63) is 99.2 Å². The molecule has 0 saturated heterocycles. The van der Waals surface area contributed by atoms with Gasteiger partial charge in [0.05, 0.1) is 16.6 Å². The van der Waals surface area contributed by atoms with Gasteiger partial charge in [-0.25, -0.2) is 4.39 Å². The summed E-state index contributed by atoms with van der Waals surface area (Å²) in [4.78, 5) is 39.5. The Morgan fingerprint density at radius 2 is 1.83 bits per heavy atom. The summed E-state index contributed by atoms with van der Waals surface area (Å²) < 4.78 is 13.5. The standard InChI is InChI=1S/C28H25ClFN3O3/c29-23-12-9-20(30)16-22(23)26(34)31-21-10-7-18(8-11-21)27(35)33-15-14-28(13-3-6-25(28)32-36)17-19-4-1-2-5-24(19)33/h1-2,4-5,7-12,16,25H,3,6,13-15,17H2,(H,31,34)/t25?,28-/m0/s1. The van der Waals surface area contributed by atoms with Crippen molar-refractivity contribution in [1.82, 2.24) is 0 Å². The van der Waals surface area contributed by atoms with Gasteiger partial charge in [0.15, 0.2) is 0 Å². The second kappa shape index (κ2) is 9.82. The highest BCUT2D eigenvalue weighted by Gasteiger charge is 2.46. The summed E-state index contributed by atoms with van der Waals surface area (Å²) in [6, 6.07) is 17.8. The van der Waals surface area contributed by atoms with Gasteiger partial charge >= 0.3 is 0 Å². The molecule has 1 aliphatic heterocycles. The SMILES string of the molecule is O=NC1CCC[C@@]12CCN(C(=O)c1ccc(NC(=O)c3cc(F)ccc3Cl)cc1)c1ccccc1C2. The number of fused-ring (bicyclic) bond motifs is 1. The molecule has 1 spiro atoms. The number of hydrogen-bond acceptors (Lipinski definition) is 4. The number of rotatable bonds is 4. The fourth-order valence-corrected chi connectivity index (χ4v) is 5.77. The molecule has 1 saturated carbocycles. The zero-order valence-electron chi connectivity index (χ0n) is 19.5. The van der Waals surface area contributed by atoms with Crippen molar-refractivity contribution in [2.45, 2.75) is 38.1 Å². The minimum Gasteiger partial charge on any atom is -0.322 e. The molecule has 5 rings (SSSR count). The summed E-state index contributed by atoms with van der Waals surface area (Å²) in [7, 11) is 0. The normalized spacial score (nSPS) is 21.1. The highest BCUT2D eigenvalue weighted by atomic mass is 35.5. The van der Waals surface area contributed by atoms with E-state index in [-0.39, 0.29) is 28.0 Å². The molecule has 0 aromatic heterocycles. The van der Waals surface area contributed by atoms with Crippen molar-refractivity contribution >= 4 is 34.8 Å². The van der Waals surface area contributed by atoms with Crippen LogP contribution >= 0.6 is 11.6 Å². The number of nitrogens with zero attached hydrogens (tertiary/aromatic N) is 2. The number of para-hydroxylation sites is 1. The summed E-state index contributed by atoms with van der Waals surface area (Å²) in [5, 5.41) is 6.29. The van der Waals surface area contributed by atoms with Crippen molar-refractivity contribution in [3.8, 4) is 0 Å². The topological polar surface area (TPSA) is 78.8 Å². The number of anilines is 2. The monoisotopic (exact) mass is 505 g/mol. The van der Waals surface area contributed by atoms with E-state index in [2.05, 4.69) is 10.5 Å². The molecule has 1 unspecified atom stereocenters. The lowest BCUT2D eigenvalue weighted by Gasteiger charge is -2.30. The van der Waals surface area contributed by atoms with E-state index in [1.54, 1.807) is 29.2 Å². The van der Waals surface area contributed by atoms with Gasteiger partial charge in [-0.3, -0.25) is 9.59 Å². The summed E-state index contributed by atoms with van der Waals surface area (Å²) >= 11 is 6.03. The maximum Gasteiger partial charge on any atom is 0.258 e. The first-order valence-electron chi connectivity index (χ1n) is 12.0. The molecule has 0 bridgehead atoms. The van der Waals surface area contributed by atoms with E-state index in [4.69, 9.17) is 11.6 Å². The van der Waals surface area contributed by atoms with E-state index in [1.807, 2.05) is 24.3 Å². The van der Waals surface area contributed by atoms with Crippen LogP contribution in [0, 0.1) is 16.1 Å². The molecule has 2 aliphatic rings. The molecule has 36 heavy (non-hydrogen) atoms. The van der Waals surface area contributed by atoms with Crippen LogP contribution in [0.5, 0.6) is 0 Å². The minimum absolute atomic E-state index is 0.0296. The van der Waals surface area contributed by atoms with E-state index in [1.165, 1.54) is 12.1 Å². The maximum absolute atomic E-state index is 13.6. The average Bonchev–Trinajstić information content (AvgIpc) is 3.20. The second-order valence-electron chi connectivity index (χ2n) is 9.54. The predicted molar refractivity (Wildman–Crippen MR) is 138 cm³/mol. The van der Waals surface area contributed by atoms with Crippen molar-refractivity contribution in [3.63, 3.8) is 0 Å². The summed E-state index contributed by atoms with van der Waals surface area (Å²) in [5.41, 5.74) is 2.65. The number of nitroso groups, excluding NO2 is 1. The van der Waals surface area contributed by atoms with Gasteiger partial charge in [-0.05, 0) is 79.8 Å². The van der Waals surface area contributed by atoms with Crippen LogP contribution in [-0.4, -0.2) is 24.4 Å². The maximum atomic E-state index is 13.6. The van der Waals surface area contributed by atoms with Crippen molar-refractivity contribution in [2.75, 3.05) is 16.8 Å². The quantitative estimate of drug-likeness (QED) is 0.404. The Bertz CT molecular complexity index is 1330. The molecule has 2 amide bonds. The molecular weight excluding hydrogens is 481 g/mol. The van der Waals surface area contributed by atoms with Gasteiger partial charge in [-0.1, -0.05) is 41.4 Å². The van der Waals surface area contributed by atoms with E-state index in [0.717, 1.165) is 43.0 Å². The van der Waals surface area contributed by atoms with Crippen LogP contribution in [0.15, 0.2) is 71.9 Å². The van der Waals surface area contributed by atoms with Crippen molar-refractivity contribution in [1.29, 1.82) is 0 Å². The van der Waals surface area contributed by atoms with Crippen LogP contribution in [0.2, 0.25) is 5.02 Å². The molecule has 6 nitrogen and oxygen atoms in total. The number of carbonyl (C=O) groups is 2. The minimum atomic E-state index is -0.558. The van der Waals surface area contributed by atoms with Crippen LogP contribution in [-0.2, 0) is 6.42 Å². The van der Waals surface area contributed by atoms with Gasteiger partial charge in [0, 0.05) is 28.9 Å². The molecule has 8 heteroatoms. The first-order valence-corrected chi connectivity index (χ1v) is 12.4. The number of nitrogens with one attached hydrogen (secondary N) is 1. The van der Waals surface area contributed by atoms with Crippen LogP contribution in [0.4, 0.5) is 15.8 Å². The Morgan fingerprint density at radius 3 is 2.61 bits per heavy atom. The molecule has 3 aromatic rings. The zero-order valence-corrected chi connectivity index (χ0v) is 20.3. The lowest BCUT2D eigenvalue weighted by atomic mass is 9.75. The first kappa shape index (κ1) is 24.1. The third-order valence-corrected chi connectivity index (χ3v) is 7.78. The first-order chi connectivity index (χ1) is 17.4. The fourth-order valence-electron chi connectivity index (χ4n) is 5.56. The number of halogens is 2. The van der Waals surface area contributed by atoms with Crippen LogP contribution in [0.25, 0.3) is 0 Å². The van der Waals surface area contributed by atoms with Crippen LogP contribution < -0.4 is 10.2 Å². The summed E-state index contributed by atoms with van der Waals surface area (Å²) in [6.07, 6.45) is 4.15. The average molecular weight is 506 g/mol. The zero-order chi connectivity index (χ0) is 25.3. The largest absolute Gasteiger partial charge is 0.322 e. The smallest absolute Gasteiger partial charge is 0.258 e. The van der Waals surface area contributed by atoms with E-state index in [9.17, 15) is 18.9 Å². The van der Waals surface area contributed by atoms with E-state index < -0.39 is 11.7 Å². The third-order valence-electron chi connectivity index (χ3n) is 7.45. The van der Waals surface area contributed by atoms with Crippen LogP contribution in [0.1, 0.15) is 52.0 Å². The lowest BCUT2D eigenvalue weighted by Crippen LogP contribution is -2.35. The van der Waals surface area contributed by atoms with Gasteiger partial charge < -0.3 is 10.2 Å². The van der Waals surface area contributed by atoms with Gasteiger partial charge in [0.25, 0.3) is 11.8 Å². The summed E-state index contributed by atoms with van der Waals surface area (Å²) in [5.74, 6) is -1.25. The Labute approximate surface area is 213 Å². The van der Waals surface area contributed by atoms with Crippen molar-refractivity contribution in [2.24, 2.45) is 10.6 Å². The fraction of sp³-hybridized carbons (Fsp3) is 0.286. The Hall–Kier alpha value is -3.58. The highest BCUT2D eigenvalue weighted by Crippen LogP contribution is 2.49. The Balaban J connectivity index is 1.36. The van der Waals surface area contributed by atoms with Gasteiger partial charge in [-0.15, -0.1) is 0 Å². The molecule has 1 fully saturated rings. The molecule has 0 radical (unpaired) electrons. The van der Waals surface area contributed by atoms with Gasteiger partial charge in [0.1, 0.15) is 5.82 Å². The molecule has 184 valence electrons. The van der Waals surface area contributed by atoms with Crippen molar-refractivity contribution < 1.29 is 14.0 Å². The number of amides is 2. The molecule has 3 aromatic carbocycles. The Morgan fingerprint density at radius 1 is 1.06 bits per heavy atom. The number of benzene rings is 3. The van der Waals surface area contributed by atoms with Crippen LogP contribution in [0.3, 0.4) is 0 Å².